The quantitative estimate of drug-likeness (QED) is 0.150. The van der Waals surface area contributed by atoms with Gasteiger partial charge in [-0.05, 0) is 41.2 Å². The van der Waals surface area contributed by atoms with Crippen LogP contribution in [0, 0.1) is 10.8 Å². The highest BCUT2D eigenvalue weighted by Crippen LogP contribution is 2.29. The van der Waals surface area contributed by atoms with E-state index in [-0.39, 0.29) is 18.4 Å². The summed E-state index contributed by atoms with van der Waals surface area (Å²) in [6.45, 7) is 12.8. The fourth-order valence-electron chi connectivity index (χ4n) is 6.89. The molecule has 300 valence electrons. The zero-order valence-electron chi connectivity index (χ0n) is 33.3. The number of carbonyl (C=O) groups is 4. The summed E-state index contributed by atoms with van der Waals surface area (Å²) in [6, 6.07) is 15.8. The molecule has 0 saturated carbocycles. The van der Waals surface area contributed by atoms with Gasteiger partial charge in [-0.25, -0.2) is 14.6 Å². The van der Waals surface area contributed by atoms with Crippen molar-refractivity contribution in [2.75, 3.05) is 27.3 Å². The van der Waals surface area contributed by atoms with Crippen LogP contribution in [0.25, 0.3) is 0 Å². The first-order valence-electron chi connectivity index (χ1n) is 18.7. The molecule has 55 heavy (non-hydrogen) atoms. The van der Waals surface area contributed by atoms with E-state index < -0.39 is 53.1 Å². The number of alkyl carbamates (subject to hydrolysis) is 1. The summed E-state index contributed by atoms with van der Waals surface area (Å²) < 4.78 is 9.99. The van der Waals surface area contributed by atoms with Gasteiger partial charge in [-0.1, -0.05) is 102 Å². The molecule has 1 fully saturated rings. The standard InChI is InChI=1S/C41H58N6O7S/c1-40(2,3)34(45-38(51)54-8)36(49)43-29(21-27-15-11-9-12-16-27)23-32(48)31(22-28-17-13-10-14-18-28)44-37(50)35(41(4,5)6)47-20-19-46(39(47)52)24-30-26-55-33(42-30)25-53-7/h9-18,26,29,31-32,34-35,48H,19-25H2,1-8H3,(H,43,49)(H,44,50)(H,45,51). The van der Waals surface area contributed by atoms with Crippen LogP contribution >= 0.6 is 11.3 Å². The zero-order chi connectivity index (χ0) is 40.3. The average Bonchev–Trinajstić information content (AvgIpc) is 3.72. The Balaban J connectivity index is 1.58. The van der Waals surface area contributed by atoms with Crippen molar-refractivity contribution in [1.82, 2.24) is 30.7 Å². The van der Waals surface area contributed by atoms with Crippen LogP contribution in [-0.2, 0) is 45.1 Å². The van der Waals surface area contributed by atoms with Crippen molar-refractivity contribution in [2.45, 2.75) is 104 Å². The molecule has 1 aliphatic heterocycles. The van der Waals surface area contributed by atoms with E-state index in [1.807, 2.05) is 108 Å². The third kappa shape index (κ3) is 12.5. The van der Waals surface area contributed by atoms with Crippen molar-refractivity contribution in [3.8, 4) is 0 Å². The second kappa shape index (κ2) is 19.4. The first-order chi connectivity index (χ1) is 26.0. The average molecular weight is 779 g/mol. The van der Waals surface area contributed by atoms with Crippen molar-refractivity contribution in [1.29, 1.82) is 0 Å². The van der Waals surface area contributed by atoms with Crippen molar-refractivity contribution in [3.05, 3.63) is 87.9 Å². The monoisotopic (exact) mass is 778 g/mol. The molecule has 0 radical (unpaired) electrons. The number of urea groups is 1. The van der Waals surface area contributed by atoms with Gasteiger partial charge < -0.3 is 40.3 Å². The molecular formula is C41H58N6O7S. The molecule has 1 aliphatic rings. The Labute approximate surface area is 329 Å². The Bertz CT molecular complexity index is 1710. The molecule has 4 rings (SSSR count). The minimum absolute atomic E-state index is 0.0861. The molecule has 5 unspecified atom stereocenters. The Morgan fingerprint density at radius 3 is 2.04 bits per heavy atom. The molecule has 13 nitrogen and oxygen atoms in total. The lowest BCUT2D eigenvalue weighted by Crippen LogP contribution is -2.59. The molecule has 5 atom stereocenters. The molecular weight excluding hydrogens is 721 g/mol. The fraction of sp³-hybridized carbons (Fsp3) is 0.537. The van der Waals surface area contributed by atoms with Gasteiger partial charge in [-0.3, -0.25) is 9.59 Å². The van der Waals surface area contributed by atoms with E-state index in [1.165, 1.54) is 18.4 Å². The Kier molecular flexibility index (Phi) is 15.2. The number of aliphatic hydroxyl groups is 1. The van der Waals surface area contributed by atoms with Gasteiger partial charge in [-0.15, -0.1) is 11.3 Å². The van der Waals surface area contributed by atoms with E-state index in [1.54, 1.807) is 16.9 Å². The third-order valence-electron chi connectivity index (χ3n) is 9.59. The summed E-state index contributed by atoms with van der Waals surface area (Å²) in [5.74, 6) is -0.801. The summed E-state index contributed by atoms with van der Waals surface area (Å²) in [4.78, 5) is 62.3. The van der Waals surface area contributed by atoms with E-state index in [0.717, 1.165) is 21.8 Å². The highest BCUT2D eigenvalue weighted by Gasteiger charge is 2.44. The molecule has 3 aromatic rings. The summed E-state index contributed by atoms with van der Waals surface area (Å²) in [6.07, 6.45) is -1.06. The van der Waals surface area contributed by atoms with E-state index in [4.69, 9.17) is 9.47 Å². The maximum atomic E-state index is 14.5. The topological polar surface area (TPSA) is 162 Å². The molecule has 2 aromatic carbocycles. The molecule has 4 N–H and O–H groups in total. The number of nitrogens with zero attached hydrogens (tertiary/aromatic N) is 3. The highest BCUT2D eigenvalue weighted by molar-refractivity contribution is 7.09. The molecule has 5 amide bonds. The number of ether oxygens (including phenoxy) is 2. The second-order valence-electron chi connectivity index (χ2n) is 16.3. The van der Waals surface area contributed by atoms with Gasteiger partial charge >= 0.3 is 12.1 Å². The number of methoxy groups -OCH3 is 2. The van der Waals surface area contributed by atoms with Crippen LogP contribution in [0.4, 0.5) is 9.59 Å². The van der Waals surface area contributed by atoms with Gasteiger partial charge in [0.15, 0.2) is 0 Å². The fourth-order valence-corrected chi connectivity index (χ4v) is 7.65. The van der Waals surface area contributed by atoms with Crippen LogP contribution < -0.4 is 16.0 Å². The number of hydrogen-bond donors (Lipinski definition) is 4. The van der Waals surface area contributed by atoms with Crippen molar-refractivity contribution >= 4 is 35.3 Å². The minimum atomic E-state index is -1.11. The SMILES string of the molecule is COCc1nc(CN2CCN(C(C(=O)NC(Cc3ccccc3)C(O)CC(Cc3ccccc3)NC(=O)C(NC(=O)OC)C(C)(C)C)C(C)(C)C)C2=O)cs1. The van der Waals surface area contributed by atoms with Crippen LogP contribution in [0.1, 0.15) is 69.8 Å². The van der Waals surface area contributed by atoms with Crippen molar-refractivity contribution < 1.29 is 33.8 Å². The highest BCUT2D eigenvalue weighted by atomic mass is 32.1. The van der Waals surface area contributed by atoms with Crippen LogP contribution in [0.15, 0.2) is 66.0 Å². The third-order valence-corrected chi connectivity index (χ3v) is 10.5. The van der Waals surface area contributed by atoms with E-state index >= 15 is 0 Å². The first-order valence-corrected chi connectivity index (χ1v) is 19.6. The number of nitrogens with one attached hydrogen (secondary N) is 3. The lowest BCUT2D eigenvalue weighted by molar-refractivity contribution is -0.131. The Hall–Kier alpha value is -4.53. The van der Waals surface area contributed by atoms with E-state index in [9.17, 15) is 24.3 Å². The van der Waals surface area contributed by atoms with E-state index in [2.05, 4.69) is 20.9 Å². The number of aromatic nitrogens is 1. The zero-order valence-corrected chi connectivity index (χ0v) is 34.2. The summed E-state index contributed by atoms with van der Waals surface area (Å²) >= 11 is 1.48. The van der Waals surface area contributed by atoms with Gasteiger partial charge in [0.25, 0.3) is 0 Å². The maximum absolute atomic E-state index is 14.5. The Morgan fingerprint density at radius 1 is 0.855 bits per heavy atom. The van der Waals surface area contributed by atoms with Crippen molar-refractivity contribution in [2.24, 2.45) is 10.8 Å². The molecule has 0 bridgehead atoms. The molecule has 0 spiro atoms. The molecule has 0 aliphatic carbocycles. The summed E-state index contributed by atoms with van der Waals surface area (Å²) in [5, 5.41) is 23.7. The predicted molar refractivity (Wildman–Crippen MR) is 212 cm³/mol. The number of benzene rings is 2. The van der Waals surface area contributed by atoms with Crippen LogP contribution in [-0.4, -0.2) is 101 Å². The van der Waals surface area contributed by atoms with Gasteiger partial charge in [0.2, 0.25) is 11.8 Å². The number of rotatable bonds is 17. The van der Waals surface area contributed by atoms with Gasteiger partial charge in [0.05, 0.1) is 38.1 Å². The maximum Gasteiger partial charge on any atom is 0.407 e. The molecule has 1 saturated heterocycles. The smallest absolute Gasteiger partial charge is 0.407 e. The number of hydrogen-bond acceptors (Lipinski definition) is 9. The summed E-state index contributed by atoms with van der Waals surface area (Å²) in [5.41, 5.74) is 1.30. The Morgan fingerprint density at radius 2 is 1.47 bits per heavy atom. The lowest BCUT2D eigenvalue weighted by atomic mass is 9.84. The molecule has 2 heterocycles. The second-order valence-corrected chi connectivity index (χ2v) is 17.2. The normalized spacial score (nSPS) is 16.2. The van der Waals surface area contributed by atoms with Crippen LogP contribution in [0.3, 0.4) is 0 Å². The predicted octanol–water partition coefficient (Wildman–Crippen LogP) is 4.92. The molecule has 14 heteroatoms. The van der Waals surface area contributed by atoms with Crippen molar-refractivity contribution in [3.63, 3.8) is 0 Å². The number of thiazole rings is 1. The van der Waals surface area contributed by atoms with Gasteiger partial charge in [0.1, 0.15) is 17.1 Å². The van der Waals surface area contributed by atoms with Gasteiger partial charge in [0, 0.05) is 31.6 Å². The van der Waals surface area contributed by atoms with Gasteiger partial charge in [-0.2, -0.15) is 0 Å². The van der Waals surface area contributed by atoms with Crippen LogP contribution in [0.2, 0.25) is 0 Å². The largest absolute Gasteiger partial charge is 0.453 e. The lowest BCUT2D eigenvalue weighted by Gasteiger charge is -2.38. The number of amides is 5. The number of carbonyl (C=O) groups excluding carboxylic acids is 4. The first kappa shape index (κ1) is 43.2. The molecule has 1 aromatic heterocycles. The summed E-state index contributed by atoms with van der Waals surface area (Å²) in [7, 11) is 2.85. The minimum Gasteiger partial charge on any atom is -0.453 e. The number of aliphatic hydroxyl groups excluding tert-OH is 1. The van der Waals surface area contributed by atoms with E-state index in [0.29, 0.717) is 39.1 Å². The van der Waals surface area contributed by atoms with Crippen LogP contribution in [0.5, 0.6) is 0 Å².